The Morgan fingerprint density at radius 1 is 0.944 bits per heavy atom. The number of aromatic nitrogens is 4. The van der Waals surface area contributed by atoms with Crippen LogP contribution < -0.4 is 16.6 Å². The fourth-order valence-electron chi connectivity index (χ4n) is 4.07. The number of imidazole rings is 1. The maximum Gasteiger partial charge on any atom is 0.333 e. The van der Waals surface area contributed by atoms with E-state index in [0.717, 1.165) is 21.3 Å². The van der Waals surface area contributed by atoms with Gasteiger partial charge in [-0.3, -0.25) is 14.2 Å². The summed E-state index contributed by atoms with van der Waals surface area (Å²) in [5, 5.41) is 2.82. The molecule has 36 heavy (non-hydrogen) atoms. The van der Waals surface area contributed by atoms with Gasteiger partial charge in [-0.25, -0.2) is 14.3 Å². The van der Waals surface area contributed by atoms with Gasteiger partial charge in [0.05, 0.1) is 26.1 Å². The molecular formula is C26H29N5O5. The van der Waals surface area contributed by atoms with E-state index in [9.17, 15) is 14.4 Å². The van der Waals surface area contributed by atoms with E-state index >= 15 is 0 Å². The molecule has 0 atom stereocenters. The van der Waals surface area contributed by atoms with E-state index in [1.165, 1.54) is 10.9 Å². The molecule has 0 saturated carbocycles. The maximum atomic E-state index is 13.4. The summed E-state index contributed by atoms with van der Waals surface area (Å²) in [6.07, 6.45) is 1.52. The molecule has 0 aliphatic carbocycles. The van der Waals surface area contributed by atoms with Gasteiger partial charge >= 0.3 is 5.69 Å². The molecule has 4 aromatic rings. The Balaban J connectivity index is 1.67. The van der Waals surface area contributed by atoms with Gasteiger partial charge in [0.1, 0.15) is 6.54 Å². The van der Waals surface area contributed by atoms with Crippen LogP contribution in [0.1, 0.15) is 16.7 Å². The summed E-state index contributed by atoms with van der Waals surface area (Å²) in [6.45, 7) is 1.21. The molecule has 2 aromatic carbocycles. The van der Waals surface area contributed by atoms with Crippen molar-refractivity contribution in [3.05, 3.63) is 98.5 Å². The number of hydrogen-bond acceptors (Lipinski definition) is 6. The summed E-state index contributed by atoms with van der Waals surface area (Å²) in [5.41, 5.74) is 2.08. The number of amides is 1. The van der Waals surface area contributed by atoms with Crippen molar-refractivity contribution in [2.45, 2.75) is 32.8 Å². The second-order valence-electron chi connectivity index (χ2n) is 8.33. The van der Waals surface area contributed by atoms with Crippen LogP contribution in [0.3, 0.4) is 0 Å². The second-order valence-corrected chi connectivity index (χ2v) is 8.33. The predicted molar refractivity (Wildman–Crippen MR) is 135 cm³/mol. The molecule has 1 N–H and O–H groups in total. The summed E-state index contributed by atoms with van der Waals surface area (Å²) in [4.78, 5) is 44.1. The van der Waals surface area contributed by atoms with Crippen LogP contribution in [0.5, 0.6) is 0 Å². The van der Waals surface area contributed by atoms with E-state index in [2.05, 4.69) is 10.3 Å². The minimum atomic E-state index is -0.594. The van der Waals surface area contributed by atoms with Crippen LogP contribution in [0.15, 0.2) is 70.5 Å². The van der Waals surface area contributed by atoms with Crippen LogP contribution in [-0.4, -0.2) is 45.4 Å². The third-order valence-electron chi connectivity index (χ3n) is 5.90. The average Bonchev–Trinajstić information content (AvgIpc) is 3.32. The van der Waals surface area contributed by atoms with E-state index in [1.54, 1.807) is 18.8 Å². The molecule has 0 fully saturated rings. The highest BCUT2D eigenvalue weighted by Crippen LogP contribution is 2.11. The highest BCUT2D eigenvalue weighted by atomic mass is 16.5. The molecule has 0 bridgehead atoms. The zero-order valence-corrected chi connectivity index (χ0v) is 20.3. The van der Waals surface area contributed by atoms with E-state index in [1.807, 2.05) is 54.6 Å². The molecular weight excluding hydrogens is 462 g/mol. The standard InChI is InChI=1S/C26H29N5O5/c1-35-13-12-29-18-28-24-23(29)25(33)31(26(34)30(24)15-19-8-4-3-5-9-19)16-22(32)27-14-20-10-6-7-11-21(20)17-36-2/h3-11,18H,12-17H2,1-2H3,(H,27,32). The number of benzene rings is 2. The average molecular weight is 492 g/mol. The van der Waals surface area contributed by atoms with E-state index in [4.69, 9.17) is 9.47 Å². The number of methoxy groups -OCH3 is 2. The molecule has 0 unspecified atom stereocenters. The number of rotatable bonds is 11. The van der Waals surface area contributed by atoms with Gasteiger partial charge in [-0.05, 0) is 16.7 Å². The summed E-state index contributed by atoms with van der Waals surface area (Å²) >= 11 is 0. The highest BCUT2D eigenvalue weighted by Gasteiger charge is 2.20. The first-order valence-corrected chi connectivity index (χ1v) is 11.6. The smallest absolute Gasteiger partial charge is 0.333 e. The van der Waals surface area contributed by atoms with Crippen molar-refractivity contribution < 1.29 is 14.3 Å². The number of hydrogen-bond donors (Lipinski definition) is 1. The van der Waals surface area contributed by atoms with Gasteiger partial charge < -0.3 is 19.4 Å². The summed E-state index contributed by atoms with van der Waals surface area (Å²) in [6, 6.07) is 17.0. The molecule has 0 saturated heterocycles. The number of fused-ring (bicyclic) bond motifs is 1. The summed E-state index contributed by atoms with van der Waals surface area (Å²) in [5.74, 6) is -0.449. The van der Waals surface area contributed by atoms with Crippen molar-refractivity contribution in [3.63, 3.8) is 0 Å². The van der Waals surface area contributed by atoms with Crippen LogP contribution in [0.25, 0.3) is 11.2 Å². The van der Waals surface area contributed by atoms with Crippen LogP contribution >= 0.6 is 0 Å². The first kappa shape index (κ1) is 25.1. The SMILES string of the molecule is COCCn1cnc2c1c(=O)n(CC(=O)NCc1ccccc1COC)c(=O)n2Cc1ccccc1. The third kappa shape index (κ3) is 5.45. The molecule has 4 rings (SSSR count). The number of nitrogens with one attached hydrogen (secondary N) is 1. The maximum absolute atomic E-state index is 13.4. The number of carbonyl (C=O) groups is 1. The van der Waals surface area contributed by atoms with Crippen LogP contribution in [0.2, 0.25) is 0 Å². The van der Waals surface area contributed by atoms with Crippen molar-refractivity contribution in [1.29, 1.82) is 0 Å². The lowest BCUT2D eigenvalue weighted by atomic mass is 10.1. The molecule has 0 aliphatic rings. The Labute approximate surface area is 207 Å². The monoisotopic (exact) mass is 491 g/mol. The third-order valence-corrected chi connectivity index (χ3v) is 5.90. The van der Waals surface area contributed by atoms with Crippen molar-refractivity contribution in [2.75, 3.05) is 20.8 Å². The fraction of sp³-hybridized carbons (Fsp3) is 0.308. The topological polar surface area (TPSA) is 109 Å². The number of nitrogens with zero attached hydrogens (tertiary/aromatic N) is 4. The fourth-order valence-corrected chi connectivity index (χ4v) is 4.07. The van der Waals surface area contributed by atoms with Gasteiger partial charge in [-0.1, -0.05) is 54.6 Å². The van der Waals surface area contributed by atoms with Gasteiger partial charge in [0, 0.05) is 27.3 Å². The van der Waals surface area contributed by atoms with Gasteiger partial charge in [-0.15, -0.1) is 0 Å². The quantitative estimate of drug-likeness (QED) is 0.341. The number of ether oxygens (including phenoxy) is 2. The predicted octanol–water partition coefficient (Wildman–Crippen LogP) is 1.52. The summed E-state index contributed by atoms with van der Waals surface area (Å²) < 4.78 is 14.4. The van der Waals surface area contributed by atoms with Crippen molar-refractivity contribution >= 4 is 17.1 Å². The van der Waals surface area contributed by atoms with Gasteiger partial charge in [-0.2, -0.15) is 0 Å². The van der Waals surface area contributed by atoms with Crippen LogP contribution in [0.4, 0.5) is 0 Å². The molecule has 2 aromatic heterocycles. The van der Waals surface area contributed by atoms with Gasteiger partial charge in [0.2, 0.25) is 5.91 Å². The lowest BCUT2D eigenvalue weighted by molar-refractivity contribution is -0.121. The van der Waals surface area contributed by atoms with E-state index < -0.39 is 23.7 Å². The normalized spacial score (nSPS) is 11.2. The largest absolute Gasteiger partial charge is 0.383 e. The Kier molecular flexibility index (Phi) is 8.09. The highest BCUT2D eigenvalue weighted by molar-refractivity contribution is 5.76. The Morgan fingerprint density at radius 3 is 2.39 bits per heavy atom. The minimum absolute atomic E-state index is 0.212. The van der Waals surface area contributed by atoms with Crippen LogP contribution in [-0.2, 0) is 47.1 Å². The molecule has 1 amide bonds. The minimum Gasteiger partial charge on any atom is -0.383 e. The van der Waals surface area contributed by atoms with Gasteiger partial charge in [0.15, 0.2) is 11.2 Å². The van der Waals surface area contributed by atoms with Crippen molar-refractivity contribution in [2.24, 2.45) is 0 Å². The Bertz CT molecular complexity index is 1460. The first-order valence-electron chi connectivity index (χ1n) is 11.6. The zero-order valence-electron chi connectivity index (χ0n) is 20.3. The van der Waals surface area contributed by atoms with E-state index in [0.29, 0.717) is 19.8 Å². The zero-order chi connectivity index (χ0) is 25.5. The molecule has 0 spiro atoms. The van der Waals surface area contributed by atoms with E-state index in [-0.39, 0.29) is 24.3 Å². The Hall–Kier alpha value is -4.02. The number of carbonyl (C=O) groups excluding carboxylic acids is 1. The second kappa shape index (κ2) is 11.6. The molecule has 0 aliphatic heterocycles. The van der Waals surface area contributed by atoms with Gasteiger partial charge in [0.25, 0.3) is 5.56 Å². The van der Waals surface area contributed by atoms with Crippen molar-refractivity contribution in [3.8, 4) is 0 Å². The van der Waals surface area contributed by atoms with Crippen LogP contribution in [0, 0.1) is 0 Å². The molecule has 10 heteroatoms. The van der Waals surface area contributed by atoms with Crippen molar-refractivity contribution in [1.82, 2.24) is 24.0 Å². The molecule has 0 radical (unpaired) electrons. The molecule has 188 valence electrons. The lowest BCUT2D eigenvalue weighted by Crippen LogP contribution is -2.44. The summed E-state index contributed by atoms with van der Waals surface area (Å²) in [7, 11) is 3.17. The molecule has 2 heterocycles. The lowest BCUT2D eigenvalue weighted by Gasteiger charge is -2.14. The molecule has 10 nitrogen and oxygen atoms in total. The Morgan fingerprint density at radius 2 is 1.67 bits per heavy atom. The first-order chi connectivity index (χ1) is 17.5.